The van der Waals surface area contributed by atoms with Gasteiger partial charge in [0.2, 0.25) is 0 Å². The van der Waals surface area contributed by atoms with Gasteiger partial charge in [-0.25, -0.2) is 0 Å². The molecule has 0 aliphatic carbocycles. The van der Waals surface area contributed by atoms with Gasteiger partial charge < -0.3 is 18.7 Å². The zero-order valence-electron chi connectivity index (χ0n) is 47.8. The Labute approximate surface area is 496 Å². The van der Waals surface area contributed by atoms with Crippen LogP contribution in [0.25, 0.3) is 117 Å². The molecule has 14 aromatic rings. The second-order valence-corrected chi connectivity index (χ2v) is 24.4. The van der Waals surface area contributed by atoms with Gasteiger partial charge in [0.05, 0.1) is 44.7 Å². The van der Waals surface area contributed by atoms with Gasteiger partial charge in [-0.05, 0) is 82.5 Å². The molecule has 0 radical (unpaired) electrons. The van der Waals surface area contributed by atoms with Crippen molar-refractivity contribution in [2.24, 2.45) is 0 Å². The molecule has 0 atom stereocenters. The quantitative estimate of drug-likeness (QED) is 0.123. The van der Waals surface area contributed by atoms with Crippen molar-refractivity contribution >= 4 is 65.4 Å². The number of fused-ring (bicyclic) bond motifs is 9. The molecule has 0 unspecified atom stereocenters. The molecule has 0 spiro atoms. The summed E-state index contributed by atoms with van der Waals surface area (Å²) >= 11 is 0. The van der Waals surface area contributed by atoms with Crippen LogP contribution in [0, 0.1) is 18.2 Å². The topological polar surface area (TPSA) is 53.5 Å². The minimum absolute atomic E-state index is 0. The molecule has 0 saturated carbocycles. The molecule has 0 aliphatic rings. The Bertz CT molecular complexity index is 4200. The first kappa shape index (κ1) is 54.0. The number of benzene rings is 10. The van der Waals surface area contributed by atoms with Crippen LogP contribution in [0.2, 0.25) is 0 Å². The van der Waals surface area contributed by atoms with Crippen LogP contribution in [-0.2, 0) is 38.6 Å². The van der Waals surface area contributed by atoms with Gasteiger partial charge >= 0.3 is 22.4 Å². The number of hydrogen-bond acceptors (Lipinski definition) is 3. The van der Waals surface area contributed by atoms with Gasteiger partial charge in [-0.15, -0.1) is 82.9 Å². The zero-order chi connectivity index (χ0) is 55.8. The Balaban J connectivity index is 0.000000165. The van der Waals surface area contributed by atoms with Crippen molar-refractivity contribution in [3.63, 3.8) is 0 Å². The van der Waals surface area contributed by atoms with Crippen LogP contribution in [0.1, 0.15) is 79.0 Å². The van der Waals surface area contributed by atoms with E-state index in [-0.39, 0.29) is 38.6 Å². The first-order valence-electron chi connectivity index (χ1n) is 28.0. The van der Waals surface area contributed by atoms with Gasteiger partial charge in [0.15, 0.2) is 0 Å². The van der Waals surface area contributed by atoms with Gasteiger partial charge in [-0.3, -0.25) is 9.97 Å². The molecular weight excluding hydrogens is 1180 g/mol. The van der Waals surface area contributed by atoms with Gasteiger partial charge in [0.25, 0.3) is 0 Å². The normalized spacial score (nSPS) is 12.1. The predicted molar refractivity (Wildman–Crippen MR) is 338 cm³/mol. The van der Waals surface area contributed by atoms with Gasteiger partial charge in [0, 0.05) is 49.3 Å². The van der Waals surface area contributed by atoms with E-state index in [0.29, 0.717) is 17.5 Å². The molecule has 7 heteroatoms. The van der Waals surface area contributed by atoms with E-state index in [4.69, 9.17) is 15.0 Å². The fourth-order valence-corrected chi connectivity index (χ4v) is 11.4. The minimum Gasteiger partial charge on any atom is -0.333 e. The maximum Gasteiger partial charge on any atom is 3.00 e. The van der Waals surface area contributed by atoms with E-state index in [0.717, 1.165) is 33.8 Å². The average Bonchev–Trinajstić information content (AvgIpc) is 4.31. The molecule has 0 saturated heterocycles. The smallest absolute Gasteiger partial charge is 0.333 e. The summed E-state index contributed by atoms with van der Waals surface area (Å²) in [5.74, 6) is 1.88. The van der Waals surface area contributed by atoms with Crippen LogP contribution in [0.3, 0.4) is 0 Å². The van der Waals surface area contributed by atoms with Crippen LogP contribution in [-0.4, -0.2) is 28.7 Å². The Hall–Kier alpha value is -8.65. The molecule has 82 heavy (non-hydrogen) atoms. The van der Waals surface area contributed by atoms with Gasteiger partial charge in [-0.2, -0.15) is 18.2 Å². The monoisotopic (exact) mass is 1240 g/mol. The molecule has 4 aromatic heterocycles. The van der Waals surface area contributed by atoms with Crippen molar-refractivity contribution in [2.45, 2.75) is 78.6 Å². The van der Waals surface area contributed by atoms with E-state index in [9.17, 15) is 0 Å². The van der Waals surface area contributed by atoms with Crippen LogP contribution < -0.4 is 0 Å². The molecule has 4 heterocycles. The number of hydrogen-bond donors (Lipinski definition) is 0. The molecule has 0 aliphatic heterocycles. The second kappa shape index (κ2) is 21.0. The number of aromatic nitrogens is 6. The van der Waals surface area contributed by atoms with Crippen molar-refractivity contribution < 1.29 is 22.4 Å². The third-order valence-corrected chi connectivity index (χ3v) is 15.9. The van der Waals surface area contributed by atoms with Crippen molar-refractivity contribution in [1.82, 2.24) is 28.7 Å². The maximum atomic E-state index is 4.87. The fraction of sp³-hybridized carbons (Fsp3) is 0.160. The van der Waals surface area contributed by atoms with E-state index in [1.165, 1.54) is 82.1 Å². The number of nitrogens with zero attached hydrogens (tertiary/aromatic N) is 6. The maximum absolute atomic E-state index is 4.87. The molecule has 14 rings (SSSR count). The Morgan fingerprint density at radius 1 is 0.317 bits per heavy atom. The molecule has 0 bridgehead atoms. The standard InChI is InChI=1S/C42H26N3.C33H37N3.Au/c1-2-12-28(13-3-1)43-41-24-22-29(44-37-18-8-4-14-31(37)32-15-5-9-19-38(32)44)26-35(41)36-27-30(23-25-42(36)43)45-39-20-10-6-16-33(39)34-17-7-11-21-40(34)45;1-31(2,3)25-16-10-22(11-17-25)28-34-29(23-12-18-26(19-13-23)32(4,5)6)36-30(35-28)24-14-20-27(21-15-24)33(7,8)9;/h2-27H;10-12,14,16-21H,1-9H3;/q-1;-2;+3. The van der Waals surface area contributed by atoms with E-state index < -0.39 is 0 Å². The van der Waals surface area contributed by atoms with Gasteiger partial charge in [0.1, 0.15) is 5.82 Å². The fourth-order valence-electron chi connectivity index (χ4n) is 11.4. The van der Waals surface area contributed by atoms with E-state index in [1.54, 1.807) is 0 Å². The molecule has 0 N–H and O–H groups in total. The summed E-state index contributed by atoms with van der Waals surface area (Å²) in [5, 5.41) is 7.52. The SMILES string of the molecule is CC(C)(C)c1c[c-]c(-c2nc(-c3[c-]cc(C(C)(C)C)cc3)nc(-c3ccc(C(C)(C)C)cc3)n2)cc1.[Au+3].[c-]1ccc(-n2c3ccc(-n4c5ccccc5c5ccccc54)cc3c3cc(-n4c5ccccc5c5ccccc54)ccc32)cc1. The largest absolute Gasteiger partial charge is 3.00 e. The average molecular weight is 1250 g/mol. The summed E-state index contributed by atoms with van der Waals surface area (Å²) in [6, 6.07) is 87.9. The third-order valence-electron chi connectivity index (χ3n) is 15.9. The second-order valence-electron chi connectivity index (χ2n) is 24.4. The number of para-hydroxylation sites is 4. The third kappa shape index (κ3) is 9.85. The van der Waals surface area contributed by atoms with E-state index in [2.05, 4.69) is 288 Å². The van der Waals surface area contributed by atoms with E-state index >= 15 is 0 Å². The molecule has 0 fully saturated rings. The van der Waals surface area contributed by atoms with Crippen LogP contribution >= 0.6 is 0 Å². The van der Waals surface area contributed by atoms with E-state index in [1.807, 2.05) is 24.3 Å². The first-order valence-corrected chi connectivity index (χ1v) is 28.0. The zero-order valence-corrected chi connectivity index (χ0v) is 49.9. The Kier molecular flexibility index (Phi) is 13.8. The van der Waals surface area contributed by atoms with Crippen molar-refractivity contribution in [1.29, 1.82) is 0 Å². The van der Waals surface area contributed by atoms with Crippen molar-refractivity contribution in [3.05, 3.63) is 253 Å². The van der Waals surface area contributed by atoms with Crippen LogP contribution in [0.15, 0.2) is 218 Å². The molecule has 10 aromatic carbocycles. The summed E-state index contributed by atoms with van der Waals surface area (Å²) in [6.45, 7) is 19.9. The number of rotatable bonds is 6. The van der Waals surface area contributed by atoms with Crippen molar-refractivity contribution in [2.75, 3.05) is 0 Å². The predicted octanol–water partition coefficient (Wildman–Crippen LogP) is 19.1. The summed E-state index contributed by atoms with van der Waals surface area (Å²) in [7, 11) is 0. The summed E-state index contributed by atoms with van der Waals surface area (Å²) in [4.78, 5) is 14.6. The van der Waals surface area contributed by atoms with Crippen LogP contribution in [0.5, 0.6) is 0 Å². The Morgan fingerprint density at radius 2 is 0.659 bits per heavy atom. The Morgan fingerprint density at radius 3 is 1.02 bits per heavy atom. The minimum atomic E-state index is 0. The van der Waals surface area contributed by atoms with Crippen molar-refractivity contribution in [3.8, 4) is 51.2 Å². The van der Waals surface area contributed by atoms with Crippen LogP contribution in [0.4, 0.5) is 0 Å². The molecule has 404 valence electrons. The molecule has 6 nitrogen and oxygen atoms in total. The molecule has 0 amide bonds. The van der Waals surface area contributed by atoms with Gasteiger partial charge in [-0.1, -0.05) is 165 Å². The summed E-state index contributed by atoms with van der Waals surface area (Å²) in [6.07, 6.45) is 0. The summed E-state index contributed by atoms with van der Waals surface area (Å²) in [5.41, 5.74) is 17.3. The first-order chi connectivity index (χ1) is 39.1. The molecular formula is C75H63AuN6. The summed E-state index contributed by atoms with van der Waals surface area (Å²) < 4.78 is 7.19.